The van der Waals surface area contributed by atoms with E-state index in [1.54, 1.807) is 0 Å². The van der Waals surface area contributed by atoms with E-state index < -0.39 is 29.9 Å². The molecule has 178 valence electrons. The summed E-state index contributed by atoms with van der Waals surface area (Å²) in [7, 11) is 0. The van der Waals surface area contributed by atoms with E-state index in [1.165, 1.54) is 49.0 Å². The van der Waals surface area contributed by atoms with Gasteiger partial charge in [0.2, 0.25) is 0 Å². The van der Waals surface area contributed by atoms with Gasteiger partial charge < -0.3 is 10.2 Å². The van der Waals surface area contributed by atoms with Crippen LogP contribution in [0.3, 0.4) is 0 Å². The summed E-state index contributed by atoms with van der Waals surface area (Å²) in [5.74, 6) is 0. The van der Waals surface area contributed by atoms with E-state index in [1.807, 2.05) is 0 Å². The number of nitrogens with zero attached hydrogens (tertiary/aromatic N) is 2. The molecule has 0 saturated heterocycles. The molecule has 0 bridgehead atoms. The van der Waals surface area contributed by atoms with E-state index in [0.717, 1.165) is 0 Å². The highest BCUT2D eigenvalue weighted by atomic mass is 35.5. The molecule has 0 saturated carbocycles. The van der Waals surface area contributed by atoms with Crippen LogP contribution < -0.4 is 0 Å². The lowest BCUT2D eigenvalue weighted by Gasteiger charge is -2.31. The highest BCUT2D eigenvalue weighted by Crippen LogP contribution is 2.53. The Morgan fingerprint density at radius 1 is 0.879 bits per heavy atom. The van der Waals surface area contributed by atoms with E-state index in [4.69, 9.17) is 11.6 Å². The number of hydrogen-bond acceptors (Lipinski definition) is 3. The Kier molecular flexibility index (Phi) is 6.29. The van der Waals surface area contributed by atoms with Crippen LogP contribution in [0.25, 0.3) is 16.9 Å². The van der Waals surface area contributed by atoms with Gasteiger partial charge in [-0.25, -0.2) is 9.07 Å². The Bertz CT molecular complexity index is 1150. The van der Waals surface area contributed by atoms with Crippen LogP contribution in [-0.4, -0.2) is 32.3 Å². The van der Waals surface area contributed by atoms with Crippen molar-refractivity contribution in [2.45, 2.75) is 38.2 Å². The number of halogens is 8. The van der Waals surface area contributed by atoms with Gasteiger partial charge >= 0.3 is 18.0 Å². The molecule has 0 unspecified atom stereocenters. The highest BCUT2D eigenvalue weighted by Gasteiger charge is 2.73. The van der Waals surface area contributed by atoms with Gasteiger partial charge in [0, 0.05) is 27.9 Å². The first kappa shape index (κ1) is 25.0. The van der Waals surface area contributed by atoms with Crippen molar-refractivity contribution in [3.05, 3.63) is 69.9 Å². The summed E-state index contributed by atoms with van der Waals surface area (Å²) in [5.41, 5.74) is -6.42. The van der Waals surface area contributed by atoms with Gasteiger partial charge in [-0.2, -0.15) is 31.4 Å². The summed E-state index contributed by atoms with van der Waals surface area (Å²) < 4.78 is 94.5. The lowest BCUT2D eigenvalue weighted by molar-refractivity contribution is -0.348. The number of benzene rings is 2. The van der Waals surface area contributed by atoms with E-state index in [0.29, 0.717) is 17.8 Å². The average Bonchev–Trinajstić information content (AvgIpc) is 3.14. The maximum atomic E-state index is 14.5. The second kappa shape index (κ2) is 8.30. The van der Waals surface area contributed by atoms with Crippen molar-refractivity contribution in [3.63, 3.8) is 0 Å². The molecule has 0 fully saturated rings. The Hall–Kier alpha value is -2.63. The van der Waals surface area contributed by atoms with Crippen LogP contribution in [0.2, 0.25) is 5.02 Å². The minimum absolute atomic E-state index is 0.00141. The number of aliphatic hydroxyl groups excluding tert-OH is 1. The van der Waals surface area contributed by atoms with Crippen molar-refractivity contribution in [1.82, 2.24) is 9.78 Å². The molecule has 3 aromatic rings. The van der Waals surface area contributed by atoms with Crippen molar-refractivity contribution in [2.75, 3.05) is 0 Å². The maximum absolute atomic E-state index is 14.5. The molecule has 33 heavy (non-hydrogen) atoms. The smallest absolute Gasteiger partial charge is 0.364 e. The van der Waals surface area contributed by atoms with Gasteiger partial charge in [0.05, 0.1) is 11.4 Å². The zero-order valence-electron chi connectivity index (χ0n) is 16.9. The van der Waals surface area contributed by atoms with Crippen molar-refractivity contribution >= 4 is 11.6 Å². The molecular formula is C21H16ClF7N2O2. The molecule has 0 aliphatic heterocycles. The Labute approximate surface area is 187 Å². The number of aryl methyl sites for hydroxylation is 2. The molecule has 1 heterocycles. The molecule has 12 heteroatoms. The minimum atomic E-state index is -6.21. The van der Waals surface area contributed by atoms with Crippen LogP contribution in [0, 0.1) is 13.8 Å². The zero-order valence-corrected chi connectivity index (χ0v) is 17.7. The lowest BCUT2D eigenvalue weighted by atomic mass is 9.88. The van der Waals surface area contributed by atoms with Crippen LogP contribution >= 0.6 is 11.6 Å². The Morgan fingerprint density at radius 3 is 1.91 bits per heavy atom. The first-order chi connectivity index (χ1) is 15.1. The molecule has 2 N–H and O–H groups in total. The summed E-state index contributed by atoms with van der Waals surface area (Å²) in [5, 5.41) is 23.1. The quantitative estimate of drug-likeness (QED) is 0.340. The molecule has 1 aromatic heterocycles. The second-order valence-electron chi connectivity index (χ2n) is 7.36. The third-order valence-corrected chi connectivity index (χ3v) is 5.42. The van der Waals surface area contributed by atoms with Gasteiger partial charge in [0.25, 0.3) is 0 Å². The Balaban J connectivity index is 2.09. The van der Waals surface area contributed by atoms with Gasteiger partial charge in [-0.1, -0.05) is 23.7 Å². The predicted molar refractivity (Wildman–Crippen MR) is 106 cm³/mol. The largest absolute Gasteiger partial charge is 0.435 e. The van der Waals surface area contributed by atoms with Crippen molar-refractivity contribution in [2.24, 2.45) is 0 Å². The molecule has 0 atom stereocenters. The molecule has 4 nitrogen and oxygen atoms in total. The molecule has 2 aromatic carbocycles. The zero-order chi connectivity index (χ0) is 24.9. The van der Waals surface area contributed by atoms with E-state index in [-0.39, 0.29) is 33.0 Å². The molecule has 0 spiro atoms. The number of aromatic nitrogens is 2. The van der Waals surface area contributed by atoms with E-state index in [9.17, 15) is 40.9 Å². The molecule has 0 amide bonds. The van der Waals surface area contributed by atoms with Gasteiger partial charge in [-0.05, 0) is 49.2 Å². The SMILES string of the molecule is Cc1cc(C(F)(C(F)(F)F)C(F)(F)F)cc(C)c1-c1ccn(-c2ccc(Cl)c(C(O)O)c2)n1. The maximum Gasteiger partial charge on any atom is 0.435 e. The predicted octanol–water partition coefficient (Wildman–Crippen LogP) is 6.08. The van der Waals surface area contributed by atoms with Crippen molar-refractivity contribution in [1.29, 1.82) is 0 Å². The average molecular weight is 497 g/mol. The summed E-state index contributed by atoms with van der Waals surface area (Å²) in [4.78, 5) is 0. The number of rotatable bonds is 4. The minimum Gasteiger partial charge on any atom is -0.364 e. The first-order valence-electron chi connectivity index (χ1n) is 9.24. The van der Waals surface area contributed by atoms with Crippen LogP contribution in [-0.2, 0) is 5.67 Å². The number of hydrogen-bond donors (Lipinski definition) is 2. The molecular weight excluding hydrogens is 481 g/mol. The standard InChI is InChI=1S/C21H16ClF7N2O2/c1-10-7-12(19(23,20(24,25)26)21(27,28)29)8-11(2)17(10)16-5-6-31(30-16)13-3-4-15(22)14(9-13)18(32)33/h3-9,18,32-33H,1-2H3. The first-order valence-corrected chi connectivity index (χ1v) is 9.62. The molecule has 0 aliphatic rings. The summed E-state index contributed by atoms with van der Waals surface area (Å²) in [6.45, 7) is 2.50. The summed E-state index contributed by atoms with van der Waals surface area (Å²) >= 11 is 5.90. The van der Waals surface area contributed by atoms with Gasteiger partial charge in [0.1, 0.15) is 0 Å². The summed E-state index contributed by atoms with van der Waals surface area (Å²) in [6.07, 6.45) is -12.8. The normalized spacial score (nSPS) is 13.1. The van der Waals surface area contributed by atoms with Crippen molar-refractivity contribution in [3.8, 4) is 16.9 Å². The van der Waals surface area contributed by atoms with Crippen molar-refractivity contribution < 1.29 is 40.9 Å². The third kappa shape index (κ3) is 4.32. The molecule has 0 radical (unpaired) electrons. The number of aliphatic hydroxyl groups is 2. The lowest BCUT2D eigenvalue weighted by Crippen LogP contribution is -2.50. The third-order valence-electron chi connectivity index (χ3n) is 5.08. The van der Waals surface area contributed by atoms with Crippen LogP contribution in [0.1, 0.15) is 28.5 Å². The fourth-order valence-electron chi connectivity index (χ4n) is 3.53. The van der Waals surface area contributed by atoms with Gasteiger partial charge in [0.15, 0.2) is 6.29 Å². The topological polar surface area (TPSA) is 58.3 Å². The van der Waals surface area contributed by atoms with Crippen LogP contribution in [0.4, 0.5) is 30.7 Å². The number of alkyl halides is 7. The fourth-order valence-corrected chi connectivity index (χ4v) is 3.74. The van der Waals surface area contributed by atoms with Crippen LogP contribution in [0.5, 0.6) is 0 Å². The van der Waals surface area contributed by atoms with Gasteiger partial charge in [-0.15, -0.1) is 0 Å². The summed E-state index contributed by atoms with van der Waals surface area (Å²) in [6, 6.07) is 6.71. The Morgan fingerprint density at radius 2 is 1.42 bits per heavy atom. The van der Waals surface area contributed by atoms with Crippen LogP contribution in [0.15, 0.2) is 42.6 Å². The van der Waals surface area contributed by atoms with E-state index in [2.05, 4.69) is 5.10 Å². The fraction of sp³-hybridized carbons (Fsp3) is 0.286. The van der Waals surface area contributed by atoms with Gasteiger partial charge in [-0.3, -0.25) is 0 Å². The van der Waals surface area contributed by atoms with E-state index >= 15 is 0 Å². The highest BCUT2D eigenvalue weighted by molar-refractivity contribution is 6.31. The monoisotopic (exact) mass is 496 g/mol. The second-order valence-corrected chi connectivity index (χ2v) is 7.77. The molecule has 0 aliphatic carbocycles. The molecule has 3 rings (SSSR count).